The van der Waals surface area contributed by atoms with Crippen molar-refractivity contribution in [2.75, 3.05) is 7.11 Å². The summed E-state index contributed by atoms with van der Waals surface area (Å²) in [5.74, 6) is -0.481. The van der Waals surface area contributed by atoms with Crippen LogP contribution in [0.15, 0.2) is 0 Å². The number of ether oxygens (including phenoxy) is 1. The lowest BCUT2D eigenvalue weighted by molar-refractivity contribution is -0.423. The molecule has 0 bridgehead atoms. The van der Waals surface area contributed by atoms with Gasteiger partial charge in [-0.25, -0.2) is 4.79 Å². The molecule has 0 rings (SSSR count). The van der Waals surface area contributed by atoms with Crippen LogP contribution in [-0.2, 0) is 9.53 Å². The van der Waals surface area contributed by atoms with Crippen LogP contribution in [0.4, 0.5) is 0 Å². The van der Waals surface area contributed by atoms with Gasteiger partial charge in [0.25, 0.3) is 0 Å². The second-order valence-electron chi connectivity index (χ2n) is 1.87. The van der Waals surface area contributed by atoms with Gasteiger partial charge in [0.15, 0.2) is 0 Å². The molecule has 0 amide bonds. The van der Waals surface area contributed by atoms with Gasteiger partial charge in [-0.1, -0.05) is 0 Å². The molecule has 4 nitrogen and oxygen atoms in total. The van der Waals surface area contributed by atoms with Gasteiger partial charge in [-0.3, -0.25) is 0 Å². The summed E-state index contributed by atoms with van der Waals surface area (Å²) in [5.41, 5.74) is 3.38. The van der Waals surface area contributed by atoms with Crippen molar-refractivity contribution in [3.63, 3.8) is 0 Å². The van der Waals surface area contributed by atoms with Crippen molar-refractivity contribution in [1.82, 2.24) is 0 Å². The number of esters is 1. The van der Waals surface area contributed by atoms with Crippen molar-refractivity contribution >= 4 is 5.97 Å². The molecule has 0 fully saturated rings. The second-order valence-corrected chi connectivity index (χ2v) is 1.87. The minimum absolute atomic E-state index is 0.481. The van der Waals surface area contributed by atoms with E-state index in [1.807, 2.05) is 0 Å². The van der Waals surface area contributed by atoms with Gasteiger partial charge in [0, 0.05) is 0 Å². The fourth-order valence-electron chi connectivity index (χ4n) is 0.348. The molecule has 0 radical (unpaired) electrons. The molecule has 9 heavy (non-hydrogen) atoms. The molecule has 2 atom stereocenters. The van der Waals surface area contributed by atoms with E-state index in [0.29, 0.717) is 0 Å². The summed E-state index contributed by atoms with van der Waals surface area (Å²) >= 11 is 0. The zero-order valence-corrected chi connectivity index (χ0v) is 5.63. The summed E-state index contributed by atoms with van der Waals surface area (Å²) in [6, 6.07) is -0.671. The van der Waals surface area contributed by atoms with Gasteiger partial charge < -0.3 is 15.6 Å². The molecule has 0 saturated heterocycles. The lowest BCUT2D eigenvalue weighted by atomic mass is 10.2. The zero-order chi connectivity index (χ0) is 7.44. The number of rotatable bonds is 2. The maximum Gasteiger partial charge on any atom is 0.367 e. The quantitative estimate of drug-likeness (QED) is 0.435. The zero-order valence-electron chi connectivity index (χ0n) is 5.63. The lowest BCUT2D eigenvalue weighted by Gasteiger charge is -2.07. The van der Waals surface area contributed by atoms with Crippen LogP contribution in [0.2, 0.25) is 0 Å². The number of carbonyl (C=O) groups is 1. The van der Waals surface area contributed by atoms with Gasteiger partial charge in [-0.05, 0) is 6.92 Å². The molecule has 0 heterocycles. The Kier molecular flexibility index (Phi) is 3.19. The summed E-state index contributed by atoms with van der Waals surface area (Å²) in [6.07, 6.45) is -0.738. The van der Waals surface area contributed by atoms with Crippen molar-refractivity contribution in [3.8, 4) is 0 Å². The van der Waals surface area contributed by atoms with E-state index >= 15 is 0 Å². The van der Waals surface area contributed by atoms with Crippen LogP contribution >= 0.6 is 0 Å². The standard InChI is InChI=1S/C5H11NO3/c1-3(7)4(6)5(8)9-2/h3-4,7H,6H2,1-2H3/p+1/t3-,4-/m0/s1. The van der Waals surface area contributed by atoms with Gasteiger partial charge in [0.05, 0.1) is 7.11 Å². The molecular weight excluding hydrogens is 122 g/mol. The number of methoxy groups -OCH3 is 1. The van der Waals surface area contributed by atoms with Crippen molar-refractivity contribution in [2.24, 2.45) is 0 Å². The van der Waals surface area contributed by atoms with Crippen molar-refractivity contribution in [3.05, 3.63) is 0 Å². The van der Waals surface area contributed by atoms with E-state index in [4.69, 9.17) is 5.11 Å². The maximum absolute atomic E-state index is 10.5. The van der Waals surface area contributed by atoms with E-state index in [9.17, 15) is 4.79 Å². The van der Waals surface area contributed by atoms with Gasteiger partial charge in [0.2, 0.25) is 6.04 Å². The smallest absolute Gasteiger partial charge is 0.367 e. The van der Waals surface area contributed by atoms with Crippen LogP contribution < -0.4 is 5.73 Å². The SMILES string of the molecule is COC(=O)[C@@H]([NH3+])[C@H](C)O. The van der Waals surface area contributed by atoms with Crippen LogP contribution in [0.5, 0.6) is 0 Å². The third kappa shape index (κ3) is 2.43. The summed E-state index contributed by atoms with van der Waals surface area (Å²) in [5, 5.41) is 8.76. The van der Waals surface area contributed by atoms with Crippen molar-refractivity contribution in [1.29, 1.82) is 0 Å². The Balaban J connectivity index is 3.72. The fourth-order valence-corrected chi connectivity index (χ4v) is 0.348. The number of aliphatic hydroxyl groups excluding tert-OH is 1. The number of carbonyl (C=O) groups excluding carboxylic acids is 1. The van der Waals surface area contributed by atoms with Crippen LogP contribution in [0.1, 0.15) is 6.92 Å². The summed E-state index contributed by atoms with van der Waals surface area (Å²) < 4.78 is 4.31. The van der Waals surface area contributed by atoms with E-state index in [1.165, 1.54) is 14.0 Å². The second kappa shape index (κ2) is 3.42. The molecular formula is C5H12NO3+. The topological polar surface area (TPSA) is 74.2 Å². The molecule has 0 aliphatic carbocycles. The van der Waals surface area contributed by atoms with Crippen LogP contribution in [0.3, 0.4) is 0 Å². The van der Waals surface area contributed by atoms with E-state index < -0.39 is 18.1 Å². The Bertz CT molecular complexity index is 102. The highest BCUT2D eigenvalue weighted by atomic mass is 16.5. The van der Waals surface area contributed by atoms with Crippen LogP contribution in [-0.4, -0.2) is 30.3 Å². The third-order valence-corrected chi connectivity index (χ3v) is 1.09. The van der Waals surface area contributed by atoms with Gasteiger partial charge in [-0.2, -0.15) is 0 Å². The van der Waals surface area contributed by atoms with Crippen molar-refractivity contribution in [2.45, 2.75) is 19.1 Å². The molecule has 0 unspecified atom stereocenters. The van der Waals surface area contributed by atoms with Gasteiger partial charge in [-0.15, -0.1) is 0 Å². The minimum atomic E-state index is -0.738. The Morgan fingerprint density at radius 1 is 1.78 bits per heavy atom. The monoisotopic (exact) mass is 134 g/mol. The van der Waals surface area contributed by atoms with E-state index in [2.05, 4.69) is 10.5 Å². The molecule has 0 aliphatic rings. The van der Waals surface area contributed by atoms with Gasteiger partial charge in [0.1, 0.15) is 6.10 Å². The fraction of sp³-hybridized carbons (Fsp3) is 0.800. The van der Waals surface area contributed by atoms with Crippen molar-refractivity contribution < 1.29 is 20.4 Å². The number of quaternary nitrogens is 1. The minimum Gasteiger partial charge on any atom is -0.465 e. The first-order valence-corrected chi connectivity index (χ1v) is 2.68. The Labute approximate surface area is 53.6 Å². The third-order valence-electron chi connectivity index (χ3n) is 1.09. The first-order chi connectivity index (χ1) is 4.09. The number of aliphatic hydroxyl groups is 1. The summed E-state index contributed by atoms with van der Waals surface area (Å²) in [4.78, 5) is 10.5. The first kappa shape index (κ1) is 8.39. The predicted molar refractivity (Wildman–Crippen MR) is 30.4 cm³/mol. The average Bonchev–Trinajstić information content (AvgIpc) is 1.84. The highest BCUT2D eigenvalue weighted by Gasteiger charge is 2.22. The molecule has 0 aromatic carbocycles. The maximum atomic E-state index is 10.5. The first-order valence-electron chi connectivity index (χ1n) is 2.68. The Morgan fingerprint density at radius 2 is 2.22 bits per heavy atom. The van der Waals surface area contributed by atoms with Gasteiger partial charge >= 0.3 is 5.97 Å². The van der Waals surface area contributed by atoms with E-state index in [1.54, 1.807) is 0 Å². The summed E-state index contributed by atoms with van der Waals surface area (Å²) in [7, 11) is 1.27. The molecule has 0 aromatic rings. The molecule has 54 valence electrons. The normalized spacial score (nSPS) is 16.4. The highest BCUT2D eigenvalue weighted by Crippen LogP contribution is 1.87. The molecule has 4 heteroatoms. The van der Waals surface area contributed by atoms with Crippen LogP contribution in [0.25, 0.3) is 0 Å². The average molecular weight is 134 g/mol. The molecule has 0 saturated carbocycles. The summed E-state index contributed by atoms with van der Waals surface area (Å²) in [6.45, 7) is 1.49. The van der Waals surface area contributed by atoms with E-state index in [0.717, 1.165) is 0 Å². The predicted octanol–water partition coefficient (Wildman–Crippen LogP) is -1.85. The lowest BCUT2D eigenvalue weighted by Crippen LogP contribution is -2.69. The Morgan fingerprint density at radius 3 is 2.33 bits per heavy atom. The number of hydrogen-bond donors (Lipinski definition) is 2. The molecule has 4 N–H and O–H groups in total. The molecule has 0 aliphatic heterocycles. The molecule has 0 spiro atoms. The highest BCUT2D eigenvalue weighted by molar-refractivity contribution is 5.74. The van der Waals surface area contributed by atoms with Crippen LogP contribution in [0, 0.1) is 0 Å². The Hall–Kier alpha value is -0.610. The van der Waals surface area contributed by atoms with E-state index in [-0.39, 0.29) is 0 Å². The number of hydrogen-bond acceptors (Lipinski definition) is 3. The largest absolute Gasteiger partial charge is 0.465 e. The molecule has 0 aromatic heterocycles.